The van der Waals surface area contributed by atoms with Crippen LogP contribution in [0.4, 0.5) is 0 Å². The zero-order valence-corrected chi connectivity index (χ0v) is 10.7. The van der Waals surface area contributed by atoms with Gasteiger partial charge in [-0.05, 0) is 12.1 Å². The van der Waals surface area contributed by atoms with Crippen LogP contribution in [0.2, 0.25) is 4.34 Å². The van der Waals surface area contributed by atoms with E-state index in [0.717, 1.165) is 0 Å². The van der Waals surface area contributed by atoms with Gasteiger partial charge in [-0.25, -0.2) is 0 Å². The van der Waals surface area contributed by atoms with Gasteiger partial charge in [0.25, 0.3) is 5.91 Å². The Hall–Kier alpha value is -0.620. The number of carbonyl (C=O) groups is 1. The maximum Gasteiger partial charge on any atom is 0.263 e. The highest BCUT2D eigenvalue weighted by Gasteiger charge is 2.16. The minimum Gasteiger partial charge on any atom is -0.389 e. The average molecular weight is 264 g/mol. The molecule has 0 saturated heterocycles. The van der Waals surface area contributed by atoms with Crippen molar-refractivity contribution in [2.45, 2.75) is 6.10 Å². The first-order chi connectivity index (χ1) is 7.54. The number of aliphatic hydroxyl groups excluding tert-OH is 1. The van der Waals surface area contributed by atoms with Crippen LogP contribution in [0.15, 0.2) is 12.1 Å². The van der Waals surface area contributed by atoms with Crippen LogP contribution in [0, 0.1) is 0 Å². The third-order valence-corrected chi connectivity index (χ3v) is 3.19. The van der Waals surface area contributed by atoms with Crippen LogP contribution in [0.3, 0.4) is 0 Å². The number of hydrogen-bond acceptors (Lipinski definition) is 4. The quantitative estimate of drug-likeness (QED) is 0.876. The molecule has 1 aromatic rings. The fourth-order valence-electron chi connectivity index (χ4n) is 1.26. The molecule has 0 aliphatic rings. The molecule has 0 aliphatic carbocycles. The molecule has 6 heteroatoms. The fourth-order valence-corrected chi connectivity index (χ4v) is 2.30. The number of thiophene rings is 1. The Kier molecular flexibility index (Phi) is 5.21. The second-order valence-electron chi connectivity index (χ2n) is 3.40. The van der Waals surface area contributed by atoms with Gasteiger partial charge in [0, 0.05) is 20.7 Å². The zero-order chi connectivity index (χ0) is 12.1. The third kappa shape index (κ3) is 3.75. The molecule has 90 valence electrons. The number of hydrogen-bond donors (Lipinski definition) is 1. The molecule has 0 aliphatic heterocycles. The summed E-state index contributed by atoms with van der Waals surface area (Å²) in [6.07, 6.45) is -0.672. The van der Waals surface area contributed by atoms with Gasteiger partial charge in [0.2, 0.25) is 0 Å². The van der Waals surface area contributed by atoms with Crippen LogP contribution >= 0.6 is 22.9 Å². The molecule has 0 saturated carbocycles. The molecule has 0 aromatic carbocycles. The Morgan fingerprint density at radius 2 is 2.38 bits per heavy atom. The van der Waals surface area contributed by atoms with Crippen molar-refractivity contribution in [2.24, 2.45) is 0 Å². The lowest BCUT2D eigenvalue weighted by molar-refractivity contribution is 0.0382. The molecule has 1 N–H and O–H groups in total. The molecule has 1 atom stereocenters. The van der Waals surface area contributed by atoms with Crippen LogP contribution in [0.5, 0.6) is 0 Å². The molecule has 1 rings (SSSR count). The zero-order valence-electron chi connectivity index (χ0n) is 9.14. The number of halogens is 1. The van der Waals surface area contributed by atoms with E-state index < -0.39 is 6.10 Å². The highest BCUT2D eigenvalue weighted by molar-refractivity contribution is 7.17. The minimum atomic E-state index is -0.672. The van der Waals surface area contributed by atoms with E-state index in [-0.39, 0.29) is 19.1 Å². The van der Waals surface area contributed by atoms with Gasteiger partial charge in [0.1, 0.15) is 0 Å². The van der Waals surface area contributed by atoms with E-state index in [1.54, 1.807) is 19.2 Å². The molecule has 1 heterocycles. The summed E-state index contributed by atoms with van der Waals surface area (Å²) in [7, 11) is 3.14. The van der Waals surface area contributed by atoms with Crippen LogP contribution in [0.25, 0.3) is 0 Å². The molecular formula is C10H14ClNO3S. The Bertz CT molecular complexity index is 356. The predicted molar refractivity (Wildman–Crippen MR) is 64.2 cm³/mol. The highest BCUT2D eigenvalue weighted by Crippen LogP contribution is 2.22. The van der Waals surface area contributed by atoms with E-state index in [2.05, 4.69) is 0 Å². The van der Waals surface area contributed by atoms with Crippen molar-refractivity contribution >= 4 is 28.8 Å². The molecule has 0 radical (unpaired) electrons. The molecule has 0 spiro atoms. The van der Waals surface area contributed by atoms with Crippen LogP contribution in [-0.2, 0) is 4.74 Å². The van der Waals surface area contributed by atoms with Crippen molar-refractivity contribution in [1.82, 2.24) is 4.90 Å². The van der Waals surface area contributed by atoms with Crippen molar-refractivity contribution in [3.8, 4) is 0 Å². The Morgan fingerprint density at radius 1 is 1.69 bits per heavy atom. The van der Waals surface area contributed by atoms with Gasteiger partial charge in [-0.2, -0.15) is 0 Å². The van der Waals surface area contributed by atoms with Crippen molar-refractivity contribution in [3.63, 3.8) is 0 Å². The van der Waals surface area contributed by atoms with Crippen molar-refractivity contribution < 1.29 is 14.6 Å². The minimum absolute atomic E-state index is 0.146. The Morgan fingerprint density at radius 3 is 2.88 bits per heavy atom. The summed E-state index contributed by atoms with van der Waals surface area (Å²) in [4.78, 5) is 13.8. The monoisotopic (exact) mass is 263 g/mol. The first kappa shape index (κ1) is 13.4. The van der Waals surface area contributed by atoms with E-state index >= 15 is 0 Å². The highest BCUT2D eigenvalue weighted by atomic mass is 35.5. The first-order valence-corrected chi connectivity index (χ1v) is 5.92. The van der Waals surface area contributed by atoms with Gasteiger partial charge in [0.15, 0.2) is 0 Å². The molecular weight excluding hydrogens is 250 g/mol. The SMILES string of the molecule is COCC(O)CN(C)C(=O)c1ccc(Cl)s1. The summed E-state index contributed by atoms with van der Waals surface area (Å²) < 4.78 is 5.37. The lowest BCUT2D eigenvalue weighted by Crippen LogP contribution is -2.35. The molecule has 0 fully saturated rings. The molecule has 1 amide bonds. The lowest BCUT2D eigenvalue weighted by Gasteiger charge is -2.19. The van der Waals surface area contributed by atoms with Crippen LogP contribution < -0.4 is 0 Å². The number of nitrogens with zero attached hydrogens (tertiary/aromatic N) is 1. The second-order valence-corrected chi connectivity index (χ2v) is 5.11. The summed E-state index contributed by atoms with van der Waals surface area (Å²) in [6.45, 7) is 0.449. The summed E-state index contributed by atoms with van der Waals surface area (Å²) >= 11 is 6.97. The summed E-state index contributed by atoms with van der Waals surface area (Å²) in [5.74, 6) is -0.146. The summed E-state index contributed by atoms with van der Waals surface area (Å²) in [6, 6.07) is 3.35. The Balaban J connectivity index is 2.54. The first-order valence-electron chi connectivity index (χ1n) is 4.72. The topological polar surface area (TPSA) is 49.8 Å². The largest absolute Gasteiger partial charge is 0.389 e. The smallest absolute Gasteiger partial charge is 0.263 e. The molecule has 1 aromatic heterocycles. The van der Waals surface area contributed by atoms with Gasteiger partial charge in [-0.3, -0.25) is 4.79 Å². The number of rotatable bonds is 5. The van der Waals surface area contributed by atoms with Gasteiger partial charge in [-0.15, -0.1) is 11.3 Å². The van der Waals surface area contributed by atoms with E-state index in [1.165, 1.54) is 23.3 Å². The number of methoxy groups -OCH3 is 1. The van der Waals surface area contributed by atoms with E-state index in [1.807, 2.05) is 0 Å². The fraction of sp³-hybridized carbons (Fsp3) is 0.500. The van der Waals surface area contributed by atoms with Crippen molar-refractivity contribution in [2.75, 3.05) is 27.3 Å². The molecule has 0 bridgehead atoms. The number of aliphatic hydroxyl groups is 1. The molecule has 16 heavy (non-hydrogen) atoms. The number of amides is 1. The van der Waals surface area contributed by atoms with Crippen LogP contribution in [0.1, 0.15) is 9.67 Å². The number of likely N-dealkylation sites (N-methyl/N-ethyl adjacent to an activating group) is 1. The molecule has 4 nitrogen and oxygen atoms in total. The van der Waals surface area contributed by atoms with Gasteiger partial charge >= 0.3 is 0 Å². The number of carbonyl (C=O) groups excluding carboxylic acids is 1. The van der Waals surface area contributed by atoms with E-state index in [9.17, 15) is 9.90 Å². The predicted octanol–water partition coefficient (Wildman–Crippen LogP) is 1.48. The summed E-state index contributed by atoms with van der Waals surface area (Å²) in [5.41, 5.74) is 0. The molecule has 1 unspecified atom stereocenters. The van der Waals surface area contributed by atoms with Crippen molar-refractivity contribution in [3.05, 3.63) is 21.3 Å². The lowest BCUT2D eigenvalue weighted by atomic mass is 10.3. The third-order valence-electron chi connectivity index (χ3n) is 1.97. The maximum absolute atomic E-state index is 11.8. The standard InChI is InChI=1S/C10H14ClNO3S/c1-12(5-7(13)6-15-2)10(14)8-3-4-9(11)16-8/h3-4,7,13H,5-6H2,1-2H3. The number of ether oxygens (including phenoxy) is 1. The second kappa shape index (κ2) is 6.20. The Labute approximate surface area is 103 Å². The van der Waals surface area contributed by atoms with Gasteiger partial charge in [-0.1, -0.05) is 11.6 Å². The van der Waals surface area contributed by atoms with Crippen molar-refractivity contribution in [1.29, 1.82) is 0 Å². The van der Waals surface area contributed by atoms with E-state index in [0.29, 0.717) is 9.21 Å². The van der Waals surface area contributed by atoms with Gasteiger partial charge < -0.3 is 14.7 Å². The average Bonchev–Trinajstić information content (AvgIpc) is 2.64. The van der Waals surface area contributed by atoms with Crippen LogP contribution in [-0.4, -0.2) is 49.3 Å². The normalized spacial score (nSPS) is 12.5. The summed E-state index contributed by atoms with van der Waals surface area (Å²) in [5, 5.41) is 9.48. The van der Waals surface area contributed by atoms with Gasteiger partial charge in [0.05, 0.1) is 21.9 Å². The van der Waals surface area contributed by atoms with E-state index in [4.69, 9.17) is 16.3 Å². The maximum atomic E-state index is 11.8.